The van der Waals surface area contributed by atoms with Crippen molar-refractivity contribution in [2.45, 2.75) is 6.92 Å². The van der Waals surface area contributed by atoms with Crippen LogP contribution in [0.1, 0.15) is 11.1 Å². The lowest BCUT2D eigenvalue weighted by molar-refractivity contribution is -0.385. The van der Waals surface area contributed by atoms with Crippen molar-refractivity contribution in [2.75, 3.05) is 0 Å². The van der Waals surface area contributed by atoms with Crippen molar-refractivity contribution in [3.05, 3.63) is 72.0 Å². The summed E-state index contributed by atoms with van der Waals surface area (Å²) in [5.41, 5.74) is 2.06. The van der Waals surface area contributed by atoms with E-state index >= 15 is 0 Å². The Morgan fingerprint density at radius 2 is 2.08 bits per heavy atom. The summed E-state index contributed by atoms with van der Waals surface area (Å²) in [4.78, 5) is 27.4. The molecular formula is C17H11BrClN3O3S. The predicted molar refractivity (Wildman–Crippen MR) is 108 cm³/mol. The van der Waals surface area contributed by atoms with E-state index in [1.165, 1.54) is 6.07 Å². The molecule has 0 bridgehead atoms. The normalized spacial score (nSPS) is 17.0. The molecule has 1 aliphatic rings. The van der Waals surface area contributed by atoms with Crippen LogP contribution in [0.25, 0.3) is 6.08 Å². The molecule has 6 nitrogen and oxygen atoms in total. The summed E-state index contributed by atoms with van der Waals surface area (Å²) in [5, 5.41) is 14.7. The Morgan fingerprint density at radius 3 is 2.77 bits per heavy atom. The SMILES string of the molecule is Cc1ccc(N=C2NC(=O)/C(=C/c3ccc(Br)c([N+](=O)[O-])c3)S2)cc1Cl. The molecular weight excluding hydrogens is 442 g/mol. The van der Waals surface area contributed by atoms with Crippen LogP contribution >= 0.6 is 39.3 Å². The highest BCUT2D eigenvalue weighted by Gasteiger charge is 2.24. The zero-order valence-corrected chi connectivity index (χ0v) is 16.5. The lowest BCUT2D eigenvalue weighted by Crippen LogP contribution is -2.19. The first-order chi connectivity index (χ1) is 12.3. The van der Waals surface area contributed by atoms with Crippen LogP contribution in [0.3, 0.4) is 0 Å². The van der Waals surface area contributed by atoms with E-state index in [1.54, 1.807) is 30.3 Å². The van der Waals surface area contributed by atoms with Gasteiger partial charge in [0.2, 0.25) is 0 Å². The minimum atomic E-state index is -0.484. The molecule has 0 aliphatic carbocycles. The molecule has 0 atom stereocenters. The number of hydrogen-bond donors (Lipinski definition) is 1. The van der Waals surface area contributed by atoms with E-state index in [9.17, 15) is 14.9 Å². The summed E-state index contributed by atoms with van der Waals surface area (Å²) in [5.74, 6) is -0.308. The third-order valence-electron chi connectivity index (χ3n) is 3.50. The maximum atomic E-state index is 12.1. The number of hydrogen-bond acceptors (Lipinski definition) is 5. The van der Waals surface area contributed by atoms with Crippen LogP contribution < -0.4 is 5.32 Å². The van der Waals surface area contributed by atoms with E-state index in [1.807, 2.05) is 13.0 Å². The lowest BCUT2D eigenvalue weighted by atomic mass is 10.2. The van der Waals surface area contributed by atoms with E-state index in [0.29, 0.717) is 30.8 Å². The monoisotopic (exact) mass is 451 g/mol. The molecule has 1 fully saturated rings. The molecule has 0 aromatic heterocycles. The number of halogens is 2. The minimum Gasteiger partial charge on any atom is -0.300 e. The minimum absolute atomic E-state index is 0.0639. The van der Waals surface area contributed by atoms with Crippen molar-refractivity contribution in [1.82, 2.24) is 5.32 Å². The molecule has 1 amide bonds. The quantitative estimate of drug-likeness (QED) is 0.393. The van der Waals surface area contributed by atoms with Gasteiger partial charge in [0, 0.05) is 11.1 Å². The molecule has 1 saturated heterocycles. The lowest BCUT2D eigenvalue weighted by Gasteiger charge is -2.00. The number of rotatable bonds is 3. The third kappa shape index (κ3) is 4.14. The van der Waals surface area contributed by atoms with Crippen molar-refractivity contribution >= 4 is 67.8 Å². The molecule has 1 heterocycles. The average molecular weight is 453 g/mol. The number of nitrogens with one attached hydrogen (secondary N) is 1. The molecule has 1 N–H and O–H groups in total. The summed E-state index contributed by atoms with van der Waals surface area (Å²) in [7, 11) is 0. The second kappa shape index (κ2) is 7.61. The summed E-state index contributed by atoms with van der Waals surface area (Å²) in [6, 6.07) is 10.0. The second-order valence-electron chi connectivity index (χ2n) is 5.38. The van der Waals surface area contributed by atoms with Crippen molar-refractivity contribution in [3.8, 4) is 0 Å². The zero-order valence-electron chi connectivity index (χ0n) is 13.3. The molecule has 3 rings (SSSR count). The fourth-order valence-electron chi connectivity index (χ4n) is 2.16. The largest absolute Gasteiger partial charge is 0.300 e. The number of nitrogens with zero attached hydrogens (tertiary/aromatic N) is 2. The molecule has 26 heavy (non-hydrogen) atoms. The van der Waals surface area contributed by atoms with Gasteiger partial charge in [-0.15, -0.1) is 0 Å². The maximum absolute atomic E-state index is 12.1. The van der Waals surface area contributed by atoms with Gasteiger partial charge in [-0.25, -0.2) is 4.99 Å². The number of nitro groups is 1. The van der Waals surface area contributed by atoms with Crippen molar-refractivity contribution in [2.24, 2.45) is 4.99 Å². The van der Waals surface area contributed by atoms with Gasteiger partial charge in [-0.05, 0) is 70.0 Å². The average Bonchev–Trinajstić information content (AvgIpc) is 2.92. The summed E-state index contributed by atoms with van der Waals surface area (Å²) >= 11 is 10.4. The van der Waals surface area contributed by atoms with Crippen molar-refractivity contribution in [3.63, 3.8) is 0 Å². The van der Waals surface area contributed by atoms with E-state index in [0.717, 1.165) is 17.3 Å². The number of aliphatic imine (C=N–C) groups is 1. The van der Waals surface area contributed by atoms with Gasteiger partial charge in [0.1, 0.15) is 0 Å². The molecule has 9 heteroatoms. The summed E-state index contributed by atoms with van der Waals surface area (Å²) in [6.07, 6.45) is 1.59. The first-order valence-electron chi connectivity index (χ1n) is 7.33. The van der Waals surface area contributed by atoms with E-state index in [2.05, 4.69) is 26.2 Å². The fourth-order valence-corrected chi connectivity index (χ4v) is 3.57. The molecule has 0 unspecified atom stereocenters. The van der Waals surface area contributed by atoms with Gasteiger partial charge >= 0.3 is 0 Å². The Labute approximate surface area is 166 Å². The Morgan fingerprint density at radius 1 is 1.31 bits per heavy atom. The fraction of sp³-hybridized carbons (Fsp3) is 0.0588. The highest BCUT2D eigenvalue weighted by molar-refractivity contribution is 9.10. The number of benzene rings is 2. The van der Waals surface area contributed by atoms with Crippen molar-refractivity contribution < 1.29 is 9.72 Å². The third-order valence-corrected chi connectivity index (χ3v) is 5.49. The van der Waals surface area contributed by atoms with Crippen molar-refractivity contribution in [1.29, 1.82) is 0 Å². The Kier molecular flexibility index (Phi) is 5.45. The molecule has 132 valence electrons. The van der Waals surface area contributed by atoms with E-state index < -0.39 is 4.92 Å². The van der Waals surface area contributed by atoms with Gasteiger partial charge in [-0.3, -0.25) is 14.9 Å². The van der Waals surface area contributed by atoms with Gasteiger partial charge in [-0.1, -0.05) is 23.7 Å². The number of aryl methyl sites for hydroxylation is 1. The number of carbonyl (C=O) groups excluding carboxylic acids is 1. The van der Waals surface area contributed by atoms with Crippen LogP contribution in [-0.4, -0.2) is 16.0 Å². The summed E-state index contributed by atoms with van der Waals surface area (Å²) < 4.78 is 0.381. The van der Waals surface area contributed by atoms with E-state index in [-0.39, 0.29) is 11.6 Å². The first-order valence-corrected chi connectivity index (χ1v) is 9.32. The maximum Gasteiger partial charge on any atom is 0.284 e. The molecule has 0 spiro atoms. The van der Waals surface area contributed by atoms with Crippen LogP contribution in [0.2, 0.25) is 5.02 Å². The van der Waals surface area contributed by atoms with Crippen LogP contribution in [0.4, 0.5) is 11.4 Å². The van der Waals surface area contributed by atoms with Gasteiger partial charge < -0.3 is 5.32 Å². The Balaban J connectivity index is 1.86. The zero-order chi connectivity index (χ0) is 18.8. The molecule has 0 radical (unpaired) electrons. The Hall–Kier alpha value is -2.16. The molecule has 2 aromatic carbocycles. The topological polar surface area (TPSA) is 84.6 Å². The van der Waals surface area contributed by atoms with E-state index in [4.69, 9.17) is 11.6 Å². The van der Waals surface area contributed by atoms with Crippen LogP contribution in [-0.2, 0) is 4.79 Å². The highest BCUT2D eigenvalue weighted by atomic mass is 79.9. The standard InChI is InChI=1S/C17H11BrClN3O3S/c1-9-2-4-11(8-13(9)19)20-17-21-16(23)15(26-17)7-10-3-5-12(18)14(6-10)22(24)25/h2-8H,1H3,(H,20,21,23)/b15-7-. The highest BCUT2D eigenvalue weighted by Crippen LogP contribution is 2.31. The molecule has 0 saturated carbocycles. The molecule has 2 aromatic rings. The van der Waals surface area contributed by atoms with Crippen LogP contribution in [0.15, 0.2) is 50.8 Å². The Bertz CT molecular complexity index is 991. The van der Waals surface area contributed by atoms with Gasteiger partial charge in [-0.2, -0.15) is 0 Å². The van der Waals surface area contributed by atoms with Gasteiger partial charge in [0.05, 0.1) is 20.0 Å². The number of thioether (sulfide) groups is 1. The molecule has 1 aliphatic heterocycles. The number of nitro benzene ring substituents is 1. The number of amidine groups is 1. The predicted octanol–water partition coefficient (Wildman–Crippen LogP) is 5.21. The van der Waals surface area contributed by atoms with Crippen LogP contribution in [0.5, 0.6) is 0 Å². The second-order valence-corrected chi connectivity index (χ2v) is 7.68. The summed E-state index contributed by atoms with van der Waals surface area (Å²) in [6.45, 7) is 1.89. The number of amides is 1. The van der Waals surface area contributed by atoms with Crippen LogP contribution in [0, 0.1) is 17.0 Å². The first kappa shape index (κ1) is 18.6. The van der Waals surface area contributed by atoms with Gasteiger partial charge in [0.15, 0.2) is 5.17 Å². The number of carbonyl (C=O) groups is 1. The van der Waals surface area contributed by atoms with Gasteiger partial charge in [0.25, 0.3) is 11.6 Å². The smallest absolute Gasteiger partial charge is 0.284 e.